The zero-order chi connectivity index (χ0) is 25.6. The Balaban J connectivity index is 2.05. The van der Waals surface area contributed by atoms with E-state index < -0.39 is 22.5 Å². The normalized spacial score (nSPS) is 11.0. The summed E-state index contributed by atoms with van der Waals surface area (Å²) in [5, 5.41) is 0.290. The summed E-state index contributed by atoms with van der Waals surface area (Å²) >= 11 is 6.20. The summed E-state index contributed by atoms with van der Waals surface area (Å²) in [6.45, 7) is -0.159. The van der Waals surface area contributed by atoms with Crippen LogP contribution in [0.2, 0.25) is 5.02 Å². The molecule has 3 aromatic rings. The van der Waals surface area contributed by atoms with Crippen LogP contribution in [-0.2, 0) is 21.4 Å². The minimum Gasteiger partial charge on any atom is -0.495 e. The fraction of sp³-hybridized carbons (Fsp3) is 0.240. The van der Waals surface area contributed by atoms with Gasteiger partial charge in [0.2, 0.25) is 5.91 Å². The molecule has 3 aromatic carbocycles. The van der Waals surface area contributed by atoms with Crippen molar-refractivity contribution < 1.29 is 27.4 Å². The van der Waals surface area contributed by atoms with Crippen molar-refractivity contribution in [2.45, 2.75) is 11.4 Å². The number of likely N-dealkylation sites (N-methyl/N-ethyl adjacent to an activating group) is 1. The third-order valence-electron chi connectivity index (χ3n) is 5.32. The maximum absolute atomic E-state index is 13.9. The van der Waals surface area contributed by atoms with E-state index in [2.05, 4.69) is 0 Å². The van der Waals surface area contributed by atoms with Crippen molar-refractivity contribution in [3.8, 4) is 17.2 Å². The molecule has 0 spiro atoms. The Bertz CT molecular complexity index is 1280. The van der Waals surface area contributed by atoms with E-state index in [0.717, 1.165) is 9.87 Å². The fourth-order valence-electron chi connectivity index (χ4n) is 3.45. The van der Waals surface area contributed by atoms with Crippen molar-refractivity contribution in [3.05, 3.63) is 77.3 Å². The number of amides is 1. The molecule has 0 bridgehead atoms. The highest BCUT2D eigenvalue weighted by atomic mass is 35.5. The van der Waals surface area contributed by atoms with Gasteiger partial charge in [0.05, 0.1) is 31.9 Å². The minimum absolute atomic E-state index is 0.0873. The third kappa shape index (κ3) is 5.98. The molecule has 186 valence electrons. The van der Waals surface area contributed by atoms with Gasteiger partial charge in [-0.2, -0.15) is 0 Å². The lowest BCUT2D eigenvalue weighted by Gasteiger charge is -2.28. The van der Waals surface area contributed by atoms with Gasteiger partial charge in [-0.05, 0) is 35.9 Å². The van der Waals surface area contributed by atoms with E-state index in [-0.39, 0.29) is 22.1 Å². The second-order valence-corrected chi connectivity index (χ2v) is 9.88. The molecule has 3 rings (SSSR count). The van der Waals surface area contributed by atoms with Crippen molar-refractivity contribution in [3.63, 3.8) is 0 Å². The largest absolute Gasteiger partial charge is 0.495 e. The van der Waals surface area contributed by atoms with E-state index in [9.17, 15) is 13.2 Å². The molecule has 0 fully saturated rings. The van der Waals surface area contributed by atoms with Gasteiger partial charge >= 0.3 is 0 Å². The second kappa shape index (κ2) is 11.3. The number of ether oxygens (including phenoxy) is 3. The van der Waals surface area contributed by atoms with Crippen LogP contribution in [0.4, 0.5) is 5.69 Å². The Labute approximate surface area is 210 Å². The number of anilines is 1. The number of nitrogens with zero attached hydrogens (tertiary/aromatic N) is 2. The van der Waals surface area contributed by atoms with Crippen molar-refractivity contribution in [2.24, 2.45) is 0 Å². The monoisotopic (exact) mass is 518 g/mol. The molecule has 0 aliphatic carbocycles. The molecular formula is C25H27ClN2O6S. The molecule has 8 nitrogen and oxygen atoms in total. The first-order chi connectivity index (χ1) is 16.7. The standard InChI is InChI=1S/C25H27ClN2O6S/c1-27(16-18-8-6-5-7-9-18)25(29)17-28(21-14-19(26)10-12-22(21)32-2)35(30,31)20-11-13-23(33-3)24(15-20)34-4/h5-15H,16-17H2,1-4H3. The Morgan fingerprint density at radius 2 is 1.49 bits per heavy atom. The van der Waals surface area contributed by atoms with Gasteiger partial charge in [0, 0.05) is 24.7 Å². The summed E-state index contributed by atoms with van der Waals surface area (Å²) in [5.41, 5.74) is 1.05. The van der Waals surface area contributed by atoms with E-state index in [4.69, 9.17) is 25.8 Å². The summed E-state index contributed by atoms with van der Waals surface area (Å²) in [6.07, 6.45) is 0. The third-order valence-corrected chi connectivity index (χ3v) is 7.31. The van der Waals surface area contributed by atoms with Gasteiger partial charge in [-0.15, -0.1) is 0 Å². The number of sulfonamides is 1. The van der Waals surface area contributed by atoms with Crippen LogP contribution in [0.1, 0.15) is 5.56 Å². The molecule has 1 amide bonds. The van der Waals surface area contributed by atoms with Gasteiger partial charge < -0.3 is 19.1 Å². The van der Waals surface area contributed by atoms with Crippen molar-refractivity contribution >= 4 is 33.2 Å². The van der Waals surface area contributed by atoms with E-state index in [0.29, 0.717) is 17.3 Å². The van der Waals surface area contributed by atoms with Gasteiger partial charge in [-0.3, -0.25) is 9.10 Å². The SMILES string of the molecule is COc1ccc(S(=O)(=O)N(CC(=O)N(C)Cc2ccccc2)c2cc(Cl)ccc2OC)cc1OC. The molecule has 0 N–H and O–H groups in total. The molecular weight excluding hydrogens is 492 g/mol. The molecule has 35 heavy (non-hydrogen) atoms. The van der Waals surface area contributed by atoms with Crippen molar-refractivity contribution in [1.29, 1.82) is 0 Å². The maximum atomic E-state index is 13.9. The number of benzene rings is 3. The number of hydrogen-bond acceptors (Lipinski definition) is 6. The number of carbonyl (C=O) groups excluding carboxylic acids is 1. The zero-order valence-corrected chi connectivity index (χ0v) is 21.5. The highest BCUT2D eigenvalue weighted by molar-refractivity contribution is 7.92. The Kier molecular flexibility index (Phi) is 8.48. The molecule has 0 heterocycles. The average Bonchev–Trinajstić information content (AvgIpc) is 2.87. The van der Waals surface area contributed by atoms with Crippen LogP contribution < -0.4 is 18.5 Å². The van der Waals surface area contributed by atoms with Crippen LogP contribution in [0.15, 0.2) is 71.6 Å². The average molecular weight is 519 g/mol. The molecule has 0 saturated heterocycles. The van der Waals surface area contributed by atoms with Crippen LogP contribution in [-0.4, -0.2) is 54.1 Å². The second-order valence-electron chi connectivity index (χ2n) is 7.58. The van der Waals surface area contributed by atoms with Crippen LogP contribution in [0.5, 0.6) is 17.2 Å². The highest BCUT2D eigenvalue weighted by Crippen LogP contribution is 2.37. The van der Waals surface area contributed by atoms with Gasteiger partial charge in [0.15, 0.2) is 11.5 Å². The predicted octanol–water partition coefficient (Wildman–Crippen LogP) is 4.22. The Hall–Kier alpha value is -3.43. The molecule has 0 atom stereocenters. The lowest BCUT2D eigenvalue weighted by atomic mass is 10.2. The summed E-state index contributed by atoms with van der Waals surface area (Å²) < 4.78 is 44.6. The zero-order valence-electron chi connectivity index (χ0n) is 19.9. The van der Waals surface area contributed by atoms with Crippen molar-refractivity contribution in [2.75, 3.05) is 39.2 Å². The lowest BCUT2D eigenvalue weighted by Crippen LogP contribution is -2.41. The first-order valence-corrected chi connectivity index (χ1v) is 12.4. The van der Waals surface area contributed by atoms with Gasteiger partial charge in [0.25, 0.3) is 10.0 Å². The van der Waals surface area contributed by atoms with E-state index >= 15 is 0 Å². The first kappa shape index (κ1) is 26.2. The van der Waals surface area contributed by atoms with Gasteiger partial charge in [-0.1, -0.05) is 41.9 Å². The fourth-order valence-corrected chi connectivity index (χ4v) is 5.05. The number of carbonyl (C=O) groups is 1. The molecule has 0 unspecified atom stereocenters. The van der Waals surface area contributed by atoms with Gasteiger partial charge in [0.1, 0.15) is 12.3 Å². The molecule has 0 aliphatic heterocycles. The summed E-state index contributed by atoms with van der Waals surface area (Å²) in [5.74, 6) is 0.438. The van der Waals surface area contributed by atoms with Crippen LogP contribution >= 0.6 is 11.6 Å². The van der Waals surface area contributed by atoms with Gasteiger partial charge in [-0.25, -0.2) is 8.42 Å². The Morgan fingerprint density at radius 3 is 2.11 bits per heavy atom. The predicted molar refractivity (Wildman–Crippen MR) is 135 cm³/mol. The number of methoxy groups -OCH3 is 3. The summed E-state index contributed by atoms with van der Waals surface area (Å²) in [4.78, 5) is 14.6. The number of hydrogen-bond donors (Lipinski definition) is 0. The number of halogens is 1. The highest BCUT2D eigenvalue weighted by Gasteiger charge is 2.31. The van der Waals surface area contributed by atoms with Crippen LogP contribution in [0.3, 0.4) is 0 Å². The van der Waals surface area contributed by atoms with E-state index in [1.807, 2.05) is 30.3 Å². The minimum atomic E-state index is -4.25. The lowest BCUT2D eigenvalue weighted by molar-refractivity contribution is -0.128. The maximum Gasteiger partial charge on any atom is 0.265 e. The van der Waals surface area contributed by atoms with Crippen LogP contribution in [0.25, 0.3) is 0 Å². The molecule has 0 saturated carbocycles. The quantitative estimate of drug-likeness (QED) is 0.399. The molecule has 0 aromatic heterocycles. The first-order valence-electron chi connectivity index (χ1n) is 10.6. The van der Waals surface area contributed by atoms with Crippen molar-refractivity contribution in [1.82, 2.24) is 4.90 Å². The summed E-state index contributed by atoms with van der Waals surface area (Å²) in [6, 6.07) is 18.2. The smallest absolute Gasteiger partial charge is 0.265 e. The topological polar surface area (TPSA) is 85.4 Å². The van der Waals surface area contributed by atoms with E-state index in [1.165, 1.54) is 50.5 Å². The van der Waals surface area contributed by atoms with E-state index in [1.54, 1.807) is 19.2 Å². The Morgan fingerprint density at radius 1 is 0.857 bits per heavy atom. The molecule has 0 aliphatic rings. The molecule has 0 radical (unpaired) electrons. The number of rotatable bonds is 10. The van der Waals surface area contributed by atoms with Crippen LogP contribution in [0, 0.1) is 0 Å². The summed E-state index contributed by atoms with van der Waals surface area (Å²) in [7, 11) is 1.65. The molecule has 10 heteroatoms.